The van der Waals surface area contributed by atoms with Gasteiger partial charge in [0.05, 0.1) is 24.0 Å². The van der Waals surface area contributed by atoms with Gasteiger partial charge in [-0.25, -0.2) is 4.68 Å². The van der Waals surface area contributed by atoms with E-state index >= 15 is 0 Å². The molecular weight excluding hydrogens is 362 g/mol. The lowest BCUT2D eigenvalue weighted by molar-refractivity contribution is -0.118. The fourth-order valence-corrected chi connectivity index (χ4v) is 3.85. The van der Waals surface area contributed by atoms with Crippen molar-refractivity contribution in [2.45, 2.75) is 39.3 Å². The van der Waals surface area contributed by atoms with Crippen LogP contribution in [0.2, 0.25) is 0 Å². The number of hydrogen-bond donors (Lipinski definition) is 1. The topological polar surface area (TPSA) is 63.1 Å². The summed E-state index contributed by atoms with van der Waals surface area (Å²) in [6, 6.07) is 16.5. The molecule has 2 aromatic carbocycles. The summed E-state index contributed by atoms with van der Waals surface area (Å²) in [4.78, 5) is 15.0. The summed E-state index contributed by atoms with van der Waals surface area (Å²) in [5, 5.41) is 12.2. The number of aromatic nitrogens is 3. The number of benzene rings is 2. The molecule has 0 spiro atoms. The highest BCUT2D eigenvalue weighted by atomic mass is 16.2. The fraction of sp³-hybridized carbons (Fsp3) is 0.348. The molecule has 3 aromatic rings. The Kier molecular flexibility index (Phi) is 5.45. The molecule has 2 heterocycles. The van der Waals surface area contributed by atoms with Gasteiger partial charge in [0, 0.05) is 24.1 Å². The Balaban J connectivity index is 1.96. The normalized spacial score (nSPS) is 13.7. The molecule has 0 saturated heterocycles. The van der Waals surface area contributed by atoms with Crippen molar-refractivity contribution < 1.29 is 4.79 Å². The van der Waals surface area contributed by atoms with Gasteiger partial charge in [-0.2, -0.15) is 0 Å². The average Bonchev–Trinajstić information content (AvgIpc) is 3.18. The van der Waals surface area contributed by atoms with Crippen molar-refractivity contribution in [2.24, 2.45) is 0 Å². The van der Waals surface area contributed by atoms with Gasteiger partial charge in [0.15, 0.2) is 0 Å². The van der Waals surface area contributed by atoms with Crippen molar-refractivity contribution in [3.8, 4) is 22.5 Å². The zero-order valence-corrected chi connectivity index (χ0v) is 17.2. The van der Waals surface area contributed by atoms with Crippen molar-refractivity contribution in [3.63, 3.8) is 0 Å². The minimum absolute atomic E-state index is 0.0966. The molecule has 4 rings (SSSR count). The predicted octanol–water partition coefficient (Wildman–Crippen LogP) is 4.04. The van der Waals surface area contributed by atoms with Crippen LogP contribution in [0.15, 0.2) is 48.5 Å². The van der Waals surface area contributed by atoms with Gasteiger partial charge in [-0.05, 0) is 32.0 Å². The molecule has 1 atom stereocenters. The predicted molar refractivity (Wildman–Crippen MR) is 116 cm³/mol. The van der Waals surface area contributed by atoms with Crippen LogP contribution in [0.1, 0.15) is 38.3 Å². The van der Waals surface area contributed by atoms with E-state index in [2.05, 4.69) is 41.6 Å². The standard InChI is InChI=1S/C23H27N5O/c1-4-16(2)28-23-18-10-6-5-9-17(18)15-27(21(29)13-14-24-3)20-12-8-7-11-19(20)22(23)25-26-28/h5-12,16,24H,4,13-15H2,1-3H3. The number of rotatable bonds is 5. The molecule has 1 aliphatic heterocycles. The quantitative estimate of drug-likeness (QED) is 0.715. The summed E-state index contributed by atoms with van der Waals surface area (Å²) in [6.45, 7) is 5.50. The number of amides is 1. The van der Waals surface area contributed by atoms with E-state index in [1.807, 2.05) is 53.0 Å². The Morgan fingerprint density at radius 3 is 2.62 bits per heavy atom. The van der Waals surface area contributed by atoms with Crippen molar-refractivity contribution in [3.05, 3.63) is 54.1 Å². The summed E-state index contributed by atoms with van der Waals surface area (Å²) in [6.07, 6.45) is 1.41. The molecule has 1 unspecified atom stereocenters. The molecule has 1 aliphatic rings. The lowest BCUT2D eigenvalue weighted by atomic mass is 9.95. The number of carbonyl (C=O) groups is 1. The minimum Gasteiger partial charge on any atom is -0.319 e. The molecule has 1 N–H and O–H groups in total. The van der Waals surface area contributed by atoms with Crippen LogP contribution in [0.5, 0.6) is 0 Å². The maximum Gasteiger partial charge on any atom is 0.228 e. The second-order valence-corrected chi connectivity index (χ2v) is 7.50. The maximum atomic E-state index is 13.1. The van der Waals surface area contributed by atoms with Crippen molar-refractivity contribution in [2.75, 3.05) is 18.5 Å². The molecular formula is C23H27N5O. The highest BCUT2D eigenvalue weighted by molar-refractivity contribution is 6.00. The number of anilines is 1. The highest BCUT2D eigenvalue weighted by Gasteiger charge is 2.29. The van der Waals surface area contributed by atoms with Crippen LogP contribution in [0, 0.1) is 0 Å². The molecule has 0 saturated carbocycles. The third-order valence-electron chi connectivity index (χ3n) is 5.64. The first-order valence-corrected chi connectivity index (χ1v) is 10.2. The number of nitrogens with zero attached hydrogens (tertiary/aromatic N) is 4. The summed E-state index contributed by atoms with van der Waals surface area (Å²) < 4.78 is 2.03. The lowest BCUT2D eigenvalue weighted by Gasteiger charge is -2.29. The van der Waals surface area contributed by atoms with Gasteiger partial charge in [0.25, 0.3) is 0 Å². The van der Waals surface area contributed by atoms with Crippen LogP contribution in [0.4, 0.5) is 5.69 Å². The summed E-state index contributed by atoms with van der Waals surface area (Å²) >= 11 is 0. The van der Waals surface area contributed by atoms with Crippen LogP contribution in [0.25, 0.3) is 22.5 Å². The molecule has 6 heteroatoms. The first kappa shape index (κ1) is 19.3. The molecule has 1 amide bonds. The Morgan fingerprint density at radius 2 is 1.86 bits per heavy atom. The molecule has 1 aromatic heterocycles. The van der Waals surface area contributed by atoms with Gasteiger partial charge >= 0.3 is 0 Å². The van der Waals surface area contributed by atoms with E-state index in [1.54, 1.807) is 0 Å². The Bertz CT molecular complexity index is 1030. The lowest BCUT2D eigenvalue weighted by Crippen LogP contribution is -2.33. The van der Waals surface area contributed by atoms with Crippen molar-refractivity contribution in [1.82, 2.24) is 20.3 Å². The fourth-order valence-electron chi connectivity index (χ4n) is 3.85. The first-order valence-electron chi connectivity index (χ1n) is 10.2. The van der Waals surface area contributed by atoms with E-state index in [1.165, 1.54) is 0 Å². The SMILES string of the molecule is CCC(C)n1nnc2c1-c1ccccc1CN(C(=O)CCNC)c1ccccc1-2. The molecule has 0 radical (unpaired) electrons. The second-order valence-electron chi connectivity index (χ2n) is 7.50. The van der Waals surface area contributed by atoms with Crippen molar-refractivity contribution >= 4 is 11.6 Å². The Morgan fingerprint density at radius 1 is 1.14 bits per heavy atom. The van der Waals surface area contributed by atoms with Gasteiger partial charge in [-0.1, -0.05) is 54.6 Å². The van der Waals surface area contributed by atoms with Crippen LogP contribution < -0.4 is 10.2 Å². The molecule has 0 fully saturated rings. The largest absolute Gasteiger partial charge is 0.319 e. The summed E-state index contributed by atoms with van der Waals surface area (Å²) in [5.74, 6) is 0.0966. The number of nitrogens with one attached hydrogen (secondary N) is 1. The Hall–Kier alpha value is -2.99. The van der Waals surface area contributed by atoms with E-state index in [0.717, 1.165) is 40.2 Å². The van der Waals surface area contributed by atoms with Crippen LogP contribution in [-0.4, -0.2) is 34.5 Å². The van der Waals surface area contributed by atoms with Gasteiger partial charge in [0.2, 0.25) is 5.91 Å². The smallest absolute Gasteiger partial charge is 0.228 e. The zero-order chi connectivity index (χ0) is 20.4. The summed E-state index contributed by atoms with van der Waals surface area (Å²) in [5.41, 5.74) is 5.90. The number of fused-ring (bicyclic) bond motifs is 5. The average molecular weight is 390 g/mol. The third kappa shape index (κ3) is 3.44. The Labute approximate surface area is 171 Å². The van der Waals surface area contributed by atoms with Gasteiger partial charge in [-0.15, -0.1) is 5.10 Å². The van der Waals surface area contributed by atoms with Crippen molar-refractivity contribution in [1.29, 1.82) is 0 Å². The number of para-hydroxylation sites is 1. The molecule has 0 bridgehead atoms. The highest BCUT2D eigenvalue weighted by Crippen LogP contribution is 2.41. The van der Waals surface area contributed by atoms with E-state index in [0.29, 0.717) is 19.5 Å². The molecule has 150 valence electrons. The van der Waals surface area contributed by atoms with Crippen LogP contribution in [-0.2, 0) is 11.3 Å². The zero-order valence-electron chi connectivity index (χ0n) is 17.2. The number of carbonyl (C=O) groups excluding carboxylic acids is 1. The minimum atomic E-state index is 0.0966. The first-order chi connectivity index (χ1) is 14.2. The van der Waals surface area contributed by atoms with Gasteiger partial charge in [0.1, 0.15) is 5.69 Å². The van der Waals surface area contributed by atoms with E-state index in [9.17, 15) is 4.79 Å². The van der Waals surface area contributed by atoms with E-state index < -0.39 is 0 Å². The maximum absolute atomic E-state index is 13.1. The molecule has 0 aliphatic carbocycles. The molecule has 6 nitrogen and oxygen atoms in total. The van der Waals surface area contributed by atoms with E-state index in [-0.39, 0.29) is 11.9 Å². The second kappa shape index (κ2) is 8.17. The molecule has 29 heavy (non-hydrogen) atoms. The monoisotopic (exact) mass is 389 g/mol. The van der Waals surface area contributed by atoms with E-state index in [4.69, 9.17) is 0 Å². The summed E-state index contributed by atoms with van der Waals surface area (Å²) in [7, 11) is 1.86. The van der Waals surface area contributed by atoms with Crippen LogP contribution >= 0.6 is 0 Å². The van der Waals surface area contributed by atoms with Gasteiger partial charge < -0.3 is 10.2 Å². The third-order valence-corrected chi connectivity index (χ3v) is 5.64. The van der Waals surface area contributed by atoms with Gasteiger partial charge in [-0.3, -0.25) is 4.79 Å². The number of hydrogen-bond acceptors (Lipinski definition) is 4. The van der Waals surface area contributed by atoms with Crippen LogP contribution in [0.3, 0.4) is 0 Å².